The molecule has 1 N–H and O–H groups in total. The monoisotopic (exact) mass is 381 g/mol. The molecule has 0 unspecified atom stereocenters. The van der Waals surface area contributed by atoms with Gasteiger partial charge in [-0.2, -0.15) is 0 Å². The van der Waals surface area contributed by atoms with Gasteiger partial charge in [0.1, 0.15) is 5.82 Å². The Kier molecular flexibility index (Phi) is 6.60. The molecule has 1 saturated heterocycles. The molecule has 0 aliphatic carbocycles. The topological polar surface area (TPSA) is 68.8 Å². The number of likely N-dealkylation sites (N-methyl/N-ethyl adjacent to an activating group) is 2. The molecule has 2 aromatic rings. The number of benzene rings is 1. The number of rotatable bonds is 6. The van der Waals surface area contributed by atoms with E-state index in [9.17, 15) is 9.59 Å². The number of carbonyl (C=O) groups is 2. The SMILES string of the molecule is CN1CCN(c2cc(CNC(=O)CN(C)C(=O)c3ccccc3)ccn2)CC1. The van der Waals surface area contributed by atoms with Gasteiger partial charge in [-0.15, -0.1) is 0 Å². The summed E-state index contributed by atoms with van der Waals surface area (Å²) in [5.74, 6) is 0.581. The third-order valence-corrected chi connectivity index (χ3v) is 4.88. The molecule has 3 rings (SSSR count). The van der Waals surface area contributed by atoms with Gasteiger partial charge in [0.2, 0.25) is 5.91 Å². The van der Waals surface area contributed by atoms with Crippen LogP contribution in [0.5, 0.6) is 0 Å². The van der Waals surface area contributed by atoms with Crippen molar-refractivity contribution in [3.8, 4) is 0 Å². The molecule has 0 bridgehead atoms. The Morgan fingerprint density at radius 1 is 1.11 bits per heavy atom. The molecule has 1 aliphatic rings. The Balaban J connectivity index is 1.50. The molecule has 0 saturated carbocycles. The molecule has 1 fully saturated rings. The summed E-state index contributed by atoms with van der Waals surface area (Å²) in [6.45, 7) is 4.37. The normalized spacial score (nSPS) is 14.6. The predicted molar refractivity (Wildman–Crippen MR) is 109 cm³/mol. The van der Waals surface area contributed by atoms with Crippen LogP contribution in [0.15, 0.2) is 48.7 Å². The maximum Gasteiger partial charge on any atom is 0.254 e. The summed E-state index contributed by atoms with van der Waals surface area (Å²) >= 11 is 0. The Morgan fingerprint density at radius 2 is 1.82 bits per heavy atom. The van der Waals surface area contributed by atoms with Crippen LogP contribution in [0.1, 0.15) is 15.9 Å². The van der Waals surface area contributed by atoms with E-state index in [2.05, 4.69) is 27.1 Å². The first-order valence-corrected chi connectivity index (χ1v) is 9.48. The minimum absolute atomic E-state index is 0.0180. The number of nitrogens with zero attached hydrogens (tertiary/aromatic N) is 4. The molecule has 7 nitrogen and oxygen atoms in total. The van der Waals surface area contributed by atoms with Gasteiger partial charge in [0, 0.05) is 51.5 Å². The van der Waals surface area contributed by atoms with Crippen molar-refractivity contribution < 1.29 is 9.59 Å². The maximum absolute atomic E-state index is 12.3. The summed E-state index contributed by atoms with van der Waals surface area (Å²) in [6, 6.07) is 12.9. The smallest absolute Gasteiger partial charge is 0.254 e. The summed E-state index contributed by atoms with van der Waals surface area (Å²) in [5.41, 5.74) is 1.57. The zero-order valence-electron chi connectivity index (χ0n) is 16.5. The number of pyridine rings is 1. The van der Waals surface area contributed by atoms with Crippen molar-refractivity contribution in [2.75, 3.05) is 51.7 Å². The summed E-state index contributed by atoms with van der Waals surface area (Å²) in [5, 5.41) is 2.89. The third-order valence-electron chi connectivity index (χ3n) is 4.88. The van der Waals surface area contributed by atoms with Crippen molar-refractivity contribution in [3.05, 3.63) is 59.8 Å². The highest BCUT2D eigenvalue weighted by Gasteiger charge is 2.16. The van der Waals surface area contributed by atoms with Gasteiger partial charge in [0.05, 0.1) is 6.54 Å². The predicted octanol–water partition coefficient (Wildman–Crippen LogP) is 1.22. The number of hydrogen-bond donors (Lipinski definition) is 1. The quantitative estimate of drug-likeness (QED) is 0.815. The van der Waals surface area contributed by atoms with E-state index in [1.807, 2.05) is 30.3 Å². The summed E-state index contributed by atoms with van der Waals surface area (Å²) < 4.78 is 0. The highest BCUT2D eigenvalue weighted by atomic mass is 16.2. The molecule has 1 aromatic heterocycles. The van der Waals surface area contributed by atoms with E-state index in [1.165, 1.54) is 4.90 Å². The van der Waals surface area contributed by atoms with Crippen LogP contribution in [-0.2, 0) is 11.3 Å². The van der Waals surface area contributed by atoms with E-state index in [1.54, 1.807) is 25.4 Å². The molecule has 7 heteroatoms. The van der Waals surface area contributed by atoms with Gasteiger partial charge in [0.25, 0.3) is 5.91 Å². The Bertz CT molecular complexity index is 803. The van der Waals surface area contributed by atoms with E-state index in [-0.39, 0.29) is 18.4 Å². The lowest BCUT2D eigenvalue weighted by atomic mass is 10.2. The van der Waals surface area contributed by atoms with Crippen molar-refractivity contribution in [2.45, 2.75) is 6.54 Å². The number of carbonyl (C=O) groups excluding carboxylic acids is 2. The molecule has 2 heterocycles. The minimum Gasteiger partial charge on any atom is -0.354 e. The number of aromatic nitrogens is 1. The molecule has 0 radical (unpaired) electrons. The number of anilines is 1. The van der Waals surface area contributed by atoms with Gasteiger partial charge in [-0.05, 0) is 36.9 Å². The van der Waals surface area contributed by atoms with Crippen LogP contribution in [0, 0.1) is 0 Å². The molecule has 2 amide bonds. The van der Waals surface area contributed by atoms with Crippen LogP contribution in [0.2, 0.25) is 0 Å². The lowest BCUT2D eigenvalue weighted by Gasteiger charge is -2.33. The van der Waals surface area contributed by atoms with Gasteiger partial charge in [-0.1, -0.05) is 18.2 Å². The van der Waals surface area contributed by atoms with Gasteiger partial charge in [-0.25, -0.2) is 4.98 Å². The molecule has 148 valence electrons. The van der Waals surface area contributed by atoms with Crippen LogP contribution in [0.25, 0.3) is 0 Å². The Labute approximate surface area is 166 Å². The fourth-order valence-electron chi connectivity index (χ4n) is 3.12. The first kappa shape index (κ1) is 19.8. The van der Waals surface area contributed by atoms with Crippen LogP contribution < -0.4 is 10.2 Å². The van der Waals surface area contributed by atoms with E-state index in [0.717, 1.165) is 37.6 Å². The molecular weight excluding hydrogens is 354 g/mol. The number of hydrogen-bond acceptors (Lipinski definition) is 5. The van der Waals surface area contributed by atoms with Crippen molar-refractivity contribution in [1.82, 2.24) is 20.1 Å². The second-order valence-electron chi connectivity index (χ2n) is 7.12. The Hall–Kier alpha value is -2.93. The van der Waals surface area contributed by atoms with Gasteiger partial charge in [-0.3, -0.25) is 9.59 Å². The Morgan fingerprint density at radius 3 is 2.54 bits per heavy atom. The van der Waals surface area contributed by atoms with Gasteiger partial charge >= 0.3 is 0 Å². The van der Waals surface area contributed by atoms with Crippen molar-refractivity contribution in [1.29, 1.82) is 0 Å². The summed E-state index contributed by atoms with van der Waals surface area (Å²) in [4.78, 5) is 35.0. The molecule has 0 spiro atoms. The van der Waals surface area contributed by atoms with Crippen LogP contribution in [0.3, 0.4) is 0 Å². The first-order chi connectivity index (χ1) is 13.5. The number of nitrogens with one attached hydrogen (secondary N) is 1. The standard InChI is InChI=1S/C21H27N5O2/c1-24-10-12-26(13-11-24)19-14-17(8-9-22-19)15-23-20(27)16-25(2)21(28)18-6-4-3-5-7-18/h3-9,14H,10-13,15-16H2,1-2H3,(H,23,27). The van der Waals surface area contributed by atoms with E-state index >= 15 is 0 Å². The molecular formula is C21H27N5O2. The van der Waals surface area contributed by atoms with E-state index < -0.39 is 0 Å². The molecule has 0 atom stereocenters. The van der Waals surface area contributed by atoms with Crippen LogP contribution >= 0.6 is 0 Å². The molecule has 1 aromatic carbocycles. The van der Waals surface area contributed by atoms with E-state index in [4.69, 9.17) is 0 Å². The highest BCUT2D eigenvalue weighted by molar-refractivity contribution is 5.96. The maximum atomic E-state index is 12.3. The highest BCUT2D eigenvalue weighted by Crippen LogP contribution is 2.14. The fourth-order valence-corrected chi connectivity index (χ4v) is 3.12. The van der Waals surface area contributed by atoms with Crippen LogP contribution in [0.4, 0.5) is 5.82 Å². The number of piperazine rings is 1. The lowest BCUT2D eigenvalue weighted by molar-refractivity contribution is -0.121. The van der Waals surface area contributed by atoms with Crippen molar-refractivity contribution in [2.24, 2.45) is 0 Å². The second kappa shape index (κ2) is 9.32. The molecule has 1 aliphatic heterocycles. The number of amides is 2. The second-order valence-corrected chi connectivity index (χ2v) is 7.12. The van der Waals surface area contributed by atoms with Gasteiger partial charge < -0.3 is 20.0 Å². The van der Waals surface area contributed by atoms with Gasteiger partial charge in [0.15, 0.2) is 0 Å². The minimum atomic E-state index is -0.190. The van der Waals surface area contributed by atoms with Crippen molar-refractivity contribution >= 4 is 17.6 Å². The zero-order valence-corrected chi connectivity index (χ0v) is 16.5. The van der Waals surface area contributed by atoms with Crippen LogP contribution in [-0.4, -0.2) is 73.4 Å². The fraction of sp³-hybridized carbons (Fsp3) is 0.381. The van der Waals surface area contributed by atoms with E-state index in [0.29, 0.717) is 12.1 Å². The summed E-state index contributed by atoms with van der Waals surface area (Å²) in [6.07, 6.45) is 1.78. The lowest BCUT2D eigenvalue weighted by Crippen LogP contribution is -2.44. The largest absolute Gasteiger partial charge is 0.354 e. The average Bonchev–Trinajstić information content (AvgIpc) is 2.73. The molecule has 28 heavy (non-hydrogen) atoms. The van der Waals surface area contributed by atoms with Crippen molar-refractivity contribution in [3.63, 3.8) is 0 Å². The third kappa shape index (κ3) is 5.29. The average molecular weight is 381 g/mol. The summed E-state index contributed by atoms with van der Waals surface area (Å²) in [7, 11) is 3.75. The zero-order chi connectivity index (χ0) is 19.9. The first-order valence-electron chi connectivity index (χ1n) is 9.48.